The van der Waals surface area contributed by atoms with Crippen molar-refractivity contribution in [3.63, 3.8) is 0 Å². The first-order chi connectivity index (χ1) is 9.56. The predicted molar refractivity (Wildman–Crippen MR) is 83.0 cm³/mol. The predicted octanol–water partition coefficient (Wildman–Crippen LogP) is 2.44. The first-order valence-electron chi connectivity index (χ1n) is 7.61. The van der Waals surface area contributed by atoms with Crippen molar-refractivity contribution in [2.24, 2.45) is 5.92 Å². The van der Waals surface area contributed by atoms with E-state index in [0.717, 1.165) is 37.8 Å². The van der Waals surface area contributed by atoms with E-state index in [1.54, 1.807) is 0 Å². The number of rotatable bonds is 5. The molecule has 0 radical (unpaired) electrons. The Morgan fingerprint density at radius 1 is 1.40 bits per heavy atom. The quantitative estimate of drug-likeness (QED) is 0.897. The average molecular weight is 277 g/mol. The van der Waals surface area contributed by atoms with E-state index in [4.69, 9.17) is 9.72 Å². The smallest absolute Gasteiger partial charge is 0.129 e. The lowest BCUT2D eigenvalue weighted by Gasteiger charge is -2.37. The second-order valence-corrected chi connectivity index (χ2v) is 6.16. The van der Waals surface area contributed by atoms with Gasteiger partial charge in [-0.25, -0.2) is 4.98 Å². The van der Waals surface area contributed by atoms with Gasteiger partial charge < -0.3 is 15.0 Å². The Hall–Kier alpha value is -1.13. The van der Waals surface area contributed by atoms with Crippen molar-refractivity contribution in [3.8, 4) is 0 Å². The Kier molecular flexibility index (Phi) is 5.38. The van der Waals surface area contributed by atoms with Crippen molar-refractivity contribution in [2.45, 2.75) is 46.4 Å². The summed E-state index contributed by atoms with van der Waals surface area (Å²) in [5.74, 6) is 1.73. The van der Waals surface area contributed by atoms with Crippen LogP contribution in [0.2, 0.25) is 0 Å². The van der Waals surface area contributed by atoms with E-state index in [-0.39, 0.29) is 6.10 Å². The first-order valence-corrected chi connectivity index (χ1v) is 7.61. The van der Waals surface area contributed by atoms with Gasteiger partial charge >= 0.3 is 0 Å². The monoisotopic (exact) mass is 277 g/mol. The fraction of sp³-hybridized carbons (Fsp3) is 0.688. The van der Waals surface area contributed by atoms with Crippen molar-refractivity contribution >= 4 is 5.82 Å². The van der Waals surface area contributed by atoms with Crippen LogP contribution in [0.25, 0.3) is 0 Å². The maximum atomic E-state index is 5.68. The van der Waals surface area contributed by atoms with Gasteiger partial charge in [0.05, 0.1) is 24.4 Å². The number of pyridine rings is 1. The van der Waals surface area contributed by atoms with Crippen molar-refractivity contribution in [1.29, 1.82) is 0 Å². The zero-order valence-corrected chi connectivity index (χ0v) is 13.1. The van der Waals surface area contributed by atoms with E-state index in [2.05, 4.69) is 56.1 Å². The SMILES string of the molecule is CC(C)CNCc1cccc(N2CC(C)OCC2C)n1. The molecule has 1 N–H and O–H groups in total. The third-order valence-electron chi connectivity index (χ3n) is 3.55. The minimum absolute atomic E-state index is 0.274. The molecule has 0 saturated carbocycles. The van der Waals surface area contributed by atoms with Crippen molar-refractivity contribution in [1.82, 2.24) is 10.3 Å². The molecule has 0 aromatic carbocycles. The van der Waals surface area contributed by atoms with Gasteiger partial charge in [0.25, 0.3) is 0 Å². The third-order valence-corrected chi connectivity index (χ3v) is 3.55. The highest BCUT2D eigenvalue weighted by atomic mass is 16.5. The number of aromatic nitrogens is 1. The van der Waals surface area contributed by atoms with Gasteiger partial charge in [-0.1, -0.05) is 19.9 Å². The molecular formula is C16H27N3O. The summed E-state index contributed by atoms with van der Waals surface area (Å²) in [7, 11) is 0. The summed E-state index contributed by atoms with van der Waals surface area (Å²) in [4.78, 5) is 7.13. The summed E-state index contributed by atoms with van der Waals surface area (Å²) in [5, 5.41) is 3.45. The number of hydrogen-bond acceptors (Lipinski definition) is 4. The van der Waals surface area contributed by atoms with Crippen LogP contribution < -0.4 is 10.2 Å². The summed E-state index contributed by atoms with van der Waals surface area (Å²) in [5.41, 5.74) is 1.11. The molecule has 1 fully saturated rings. The van der Waals surface area contributed by atoms with E-state index < -0.39 is 0 Å². The molecule has 1 aromatic heterocycles. The Balaban J connectivity index is 2.01. The number of nitrogens with one attached hydrogen (secondary N) is 1. The normalized spacial score (nSPS) is 23.4. The molecule has 1 aromatic rings. The highest BCUT2D eigenvalue weighted by molar-refractivity contribution is 5.41. The molecule has 4 nitrogen and oxygen atoms in total. The standard InChI is InChI=1S/C16H27N3O/c1-12(2)8-17-9-15-6-5-7-16(18-15)19-10-14(4)20-11-13(19)3/h5-7,12-14,17H,8-11H2,1-4H3. The fourth-order valence-electron chi connectivity index (χ4n) is 2.44. The van der Waals surface area contributed by atoms with Gasteiger partial charge in [0.15, 0.2) is 0 Å². The van der Waals surface area contributed by atoms with Crippen LogP contribution in [0.1, 0.15) is 33.4 Å². The van der Waals surface area contributed by atoms with Crippen LogP contribution in [-0.4, -0.2) is 36.8 Å². The summed E-state index contributed by atoms with van der Waals surface area (Å²) in [6.45, 7) is 12.3. The molecule has 4 heteroatoms. The molecule has 20 heavy (non-hydrogen) atoms. The molecule has 2 heterocycles. The molecule has 1 aliphatic heterocycles. The Labute approximate surface area is 122 Å². The number of morpholine rings is 1. The lowest BCUT2D eigenvalue weighted by Crippen LogP contribution is -2.47. The average Bonchev–Trinajstić information content (AvgIpc) is 2.41. The number of hydrogen-bond donors (Lipinski definition) is 1. The Morgan fingerprint density at radius 3 is 2.95 bits per heavy atom. The van der Waals surface area contributed by atoms with Crippen LogP contribution in [0.4, 0.5) is 5.82 Å². The van der Waals surface area contributed by atoms with E-state index in [0.29, 0.717) is 12.0 Å². The molecule has 0 bridgehead atoms. The van der Waals surface area contributed by atoms with Gasteiger partial charge in [-0.2, -0.15) is 0 Å². The molecule has 2 unspecified atom stereocenters. The molecule has 112 valence electrons. The topological polar surface area (TPSA) is 37.4 Å². The highest BCUT2D eigenvalue weighted by Gasteiger charge is 2.24. The molecule has 1 saturated heterocycles. The van der Waals surface area contributed by atoms with Gasteiger partial charge in [0.2, 0.25) is 0 Å². The van der Waals surface area contributed by atoms with Crippen LogP contribution in [0, 0.1) is 5.92 Å². The maximum Gasteiger partial charge on any atom is 0.129 e. The summed E-state index contributed by atoms with van der Waals surface area (Å²) < 4.78 is 5.68. The minimum atomic E-state index is 0.274. The van der Waals surface area contributed by atoms with Crippen molar-refractivity contribution in [2.75, 3.05) is 24.6 Å². The summed E-state index contributed by atoms with van der Waals surface area (Å²) >= 11 is 0. The maximum absolute atomic E-state index is 5.68. The molecular weight excluding hydrogens is 250 g/mol. The van der Waals surface area contributed by atoms with E-state index in [1.165, 1.54) is 0 Å². The third kappa shape index (κ3) is 4.18. The van der Waals surface area contributed by atoms with Gasteiger partial charge in [0, 0.05) is 13.1 Å². The number of nitrogens with zero attached hydrogens (tertiary/aromatic N) is 2. The second kappa shape index (κ2) is 7.04. The van der Waals surface area contributed by atoms with Crippen molar-refractivity contribution in [3.05, 3.63) is 23.9 Å². The minimum Gasteiger partial charge on any atom is -0.375 e. The molecule has 2 atom stereocenters. The van der Waals surface area contributed by atoms with E-state index >= 15 is 0 Å². The van der Waals surface area contributed by atoms with E-state index in [1.807, 2.05) is 0 Å². The molecule has 0 spiro atoms. The Morgan fingerprint density at radius 2 is 2.20 bits per heavy atom. The van der Waals surface area contributed by atoms with Gasteiger partial charge in [-0.3, -0.25) is 0 Å². The van der Waals surface area contributed by atoms with Crippen LogP contribution >= 0.6 is 0 Å². The van der Waals surface area contributed by atoms with Crippen LogP contribution in [0.15, 0.2) is 18.2 Å². The van der Waals surface area contributed by atoms with Crippen LogP contribution in [0.5, 0.6) is 0 Å². The second-order valence-electron chi connectivity index (χ2n) is 6.16. The van der Waals surface area contributed by atoms with Crippen LogP contribution in [0.3, 0.4) is 0 Å². The van der Waals surface area contributed by atoms with Crippen molar-refractivity contribution < 1.29 is 4.74 Å². The fourth-order valence-corrected chi connectivity index (χ4v) is 2.44. The lowest BCUT2D eigenvalue weighted by atomic mass is 10.2. The van der Waals surface area contributed by atoms with Crippen LogP contribution in [-0.2, 0) is 11.3 Å². The van der Waals surface area contributed by atoms with Gasteiger partial charge in [-0.05, 0) is 38.4 Å². The highest BCUT2D eigenvalue weighted by Crippen LogP contribution is 2.19. The van der Waals surface area contributed by atoms with E-state index in [9.17, 15) is 0 Å². The first kappa shape index (κ1) is 15.3. The summed E-state index contributed by atoms with van der Waals surface area (Å²) in [6.07, 6.45) is 0.274. The Bertz CT molecular complexity index is 422. The van der Waals surface area contributed by atoms with Gasteiger partial charge in [-0.15, -0.1) is 0 Å². The zero-order chi connectivity index (χ0) is 14.5. The summed E-state index contributed by atoms with van der Waals surface area (Å²) in [6, 6.07) is 6.67. The molecule has 0 amide bonds. The lowest BCUT2D eigenvalue weighted by molar-refractivity contribution is 0.0340. The largest absolute Gasteiger partial charge is 0.375 e. The molecule has 0 aliphatic carbocycles. The number of ether oxygens (including phenoxy) is 1. The number of anilines is 1. The molecule has 2 rings (SSSR count). The molecule has 1 aliphatic rings. The van der Waals surface area contributed by atoms with Gasteiger partial charge in [0.1, 0.15) is 5.82 Å². The zero-order valence-electron chi connectivity index (χ0n) is 13.1.